The van der Waals surface area contributed by atoms with Gasteiger partial charge in [-0.2, -0.15) is 0 Å². The summed E-state index contributed by atoms with van der Waals surface area (Å²) in [6.45, 7) is 0. The Balaban J connectivity index is 2.77. The molecule has 0 saturated heterocycles. The molecule has 0 atom stereocenters. The molecule has 2 aromatic heterocycles. The lowest BCUT2D eigenvalue weighted by molar-refractivity contribution is 0.604. The molecule has 0 unspecified atom stereocenters. The lowest BCUT2D eigenvalue weighted by atomic mass is 10.4. The molecule has 0 fully saturated rings. The van der Waals surface area contributed by atoms with Gasteiger partial charge in [-0.25, -0.2) is 8.42 Å². The Hall–Kier alpha value is -0.940. The van der Waals surface area contributed by atoms with Gasteiger partial charge in [0.2, 0.25) is 0 Å². The second-order valence-corrected chi connectivity index (χ2v) is 6.08. The molecule has 0 aliphatic rings. The Morgan fingerprint density at radius 3 is 2.85 bits per heavy atom. The number of hydrogen-bond donors (Lipinski definition) is 0. The van der Waals surface area contributed by atoms with Gasteiger partial charge in [0.15, 0.2) is 9.84 Å². The first kappa shape index (κ1) is 8.65. The van der Waals surface area contributed by atoms with Crippen molar-refractivity contribution in [3.8, 4) is 0 Å². The number of rotatable bonds is 1. The number of thiophene rings is 1. The first-order chi connectivity index (χ1) is 6.07. The third kappa shape index (κ3) is 1.57. The molecule has 0 aromatic carbocycles. The summed E-state index contributed by atoms with van der Waals surface area (Å²) >= 11 is 1.28. The Bertz CT molecular complexity index is 509. The van der Waals surface area contributed by atoms with Gasteiger partial charge in [0, 0.05) is 28.7 Å². The van der Waals surface area contributed by atoms with Crippen LogP contribution in [0.1, 0.15) is 0 Å². The van der Waals surface area contributed by atoms with Gasteiger partial charge in [-0.15, -0.1) is 11.3 Å². The molecular weight excluding hydrogens is 206 g/mol. The summed E-state index contributed by atoms with van der Waals surface area (Å²) in [7, 11) is -3.07. The molecule has 0 aliphatic heterocycles. The van der Waals surface area contributed by atoms with Crippen LogP contribution in [-0.2, 0) is 9.84 Å². The van der Waals surface area contributed by atoms with Crippen LogP contribution in [-0.4, -0.2) is 19.7 Å². The minimum Gasteiger partial charge on any atom is -0.264 e. The second-order valence-electron chi connectivity index (χ2n) is 2.75. The van der Waals surface area contributed by atoms with Gasteiger partial charge in [-0.05, 0) is 12.1 Å². The minimum atomic E-state index is -3.07. The number of sulfone groups is 1. The fraction of sp³-hybridized carbons (Fsp3) is 0.125. The predicted octanol–water partition coefficient (Wildman–Crippen LogP) is 1.70. The van der Waals surface area contributed by atoms with Crippen molar-refractivity contribution in [1.29, 1.82) is 0 Å². The van der Waals surface area contributed by atoms with E-state index in [9.17, 15) is 8.42 Å². The predicted molar refractivity (Wildman–Crippen MR) is 52.7 cm³/mol. The average Bonchev–Trinajstić information content (AvgIpc) is 2.45. The van der Waals surface area contributed by atoms with Gasteiger partial charge < -0.3 is 0 Å². The average molecular weight is 213 g/mol. The molecule has 0 aliphatic carbocycles. The zero-order valence-corrected chi connectivity index (χ0v) is 8.52. The molecule has 0 saturated carbocycles. The first-order valence-electron chi connectivity index (χ1n) is 3.61. The Morgan fingerprint density at radius 1 is 1.46 bits per heavy atom. The molecule has 2 heterocycles. The van der Waals surface area contributed by atoms with Crippen molar-refractivity contribution in [3.05, 3.63) is 24.5 Å². The maximum Gasteiger partial charge on any atom is 0.184 e. The minimum absolute atomic E-state index is 0.399. The van der Waals surface area contributed by atoms with E-state index in [0.29, 0.717) is 4.21 Å². The van der Waals surface area contributed by atoms with E-state index in [0.717, 1.165) is 10.1 Å². The Labute approximate surface area is 80.0 Å². The fourth-order valence-corrected chi connectivity index (χ4v) is 3.02. The number of pyridine rings is 1. The summed E-state index contributed by atoms with van der Waals surface area (Å²) in [5, 5.41) is 0.882. The standard InChI is InChI=1S/C8H7NO2S2/c1-13(10,11)8-4-6-5-9-3-2-7(6)12-8/h2-5H,1H3. The molecular formula is C8H7NO2S2. The number of aromatic nitrogens is 1. The van der Waals surface area contributed by atoms with Crippen LogP contribution >= 0.6 is 11.3 Å². The van der Waals surface area contributed by atoms with E-state index in [1.165, 1.54) is 17.6 Å². The monoisotopic (exact) mass is 213 g/mol. The molecule has 68 valence electrons. The van der Waals surface area contributed by atoms with Gasteiger partial charge in [0.1, 0.15) is 4.21 Å². The summed E-state index contributed by atoms with van der Waals surface area (Å²) in [6.07, 6.45) is 4.54. The third-order valence-electron chi connectivity index (χ3n) is 1.66. The van der Waals surface area contributed by atoms with Gasteiger partial charge in [0.05, 0.1) is 0 Å². The van der Waals surface area contributed by atoms with E-state index in [1.807, 2.05) is 6.07 Å². The normalized spacial score (nSPS) is 12.1. The maximum atomic E-state index is 11.2. The molecule has 13 heavy (non-hydrogen) atoms. The van der Waals surface area contributed by atoms with E-state index in [2.05, 4.69) is 4.98 Å². The molecule has 0 N–H and O–H groups in total. The van der Waals surface area contributed by atoms with E-state index in [1.54, 1.807) is 18.5 Å². The van der Waals surface area contributed by atoms with Gasteiger partial charge >= 0.3 is 0 Å². The van der Waals surface area contributed by atoms with Gasteiger partial charge in [0.25, 0.3) is 0 Å². The summed E-state index contributed by atoms with van der Waals surface area (Å²) in [6, 6.07) is 3.47. The van der Waals surface area contributed by atoms with Crippen LogP contribution in [0.3, 0.4) is 0 Å². The highest BCUT2D eigenvalue weighted by atomic mass is 32.2. The van der Waals surface area contributed by atoms with Crippen LogP contribution in [0, 0.1) is 0 Å². The zero-order chi connectivity index (χ0) is 9.47. The summed E-state index contributed by atoms with van der Waals surface area (Å²) < 4.78 is 23.7. The van der Waals surface area contributed by atoms with Crippen molar-refractivity contribution < 1.29 is 8.42 Å². The van der Waals surface area contributed by atoms with Crippen LogP contribution < -0.4 is 0 Å². The fourth-order valence-electron chi connectivity index (χ4n) is 1.04. The van der Waals surface area contributed by atoms with Crippen molar-refractivity contribution in [3.63, 3.8) is 0 Å². The van der Waals surface area contributed by atoms with Crippen molar-refractivity contribution in [2.45, 2.75) is 4.21 Å². The summed E-state index contributed by atoms with van der Waals surface area (Å²) in [4.78, 5) is 3.92. The van der Waals surface area contributed by atoms with Crippen molar-refractivity contribution in [1.82, 2.24) is 4.98 Å². The smallest absolute Gasteiger partial charge is 0.184 e. The van der Waals surface area contributed by atoms with E-state index in [-0.39, 0.29) is 0 Å². The van der Waals surface area contributed by atoms with Crippen LogP contribution in [0.4, 0.5) is 0 Å². The molecule has 0 spiro atoms. The van der Waals surface area contributed by atoms with Crippen LogP contribution in [0.25, 0.3) is 10.1 Å². The number of hydrogen-bond acceptors (Lipinski definition) is 4. The van der Waals surface area contributed by atoms with E-state index in [4.69, 9.17) is 0 Å². The van der Waals surface area contributed by atoms with Gasteiger partial charge in [-0.1, -0.05) is 0 Å². The quantitative estimate of drug-likeness (QED) is 0.724. The largest absolute Gasteiger partial charge is 0.264 e. The molecule has 0 radical (unpaired) electrons. The highest BCUT2D eigenvalue weighted by Gasteiger charge is 2.10. The van der Waals surface area contributed by atoms with Crippen molar-refractivity contribution in [2.24, 2.45) is 0 Å². The Morgan fingerprint density at radius 2 is 2.23 bits per heavy atom. The van der Waals surface area contributed by atoms with Crippen LogP contribution in [0.2, 0.25) is 0 Å². The highest BCUT2D eigenvalue weighted by molar-refractivity contribution is 7.92. The molecule has 0 amide bonds. The van der Waals surface area contributed by atoms with E-state index >= 15 is 0 Å². The van der Waals surface area contributed by atoms with E-state index < -0.39 is 9.84 Å². The van der Waals surface area contributed by atoms with Crippen molar-refractivity contribution >= 4 is 31.3 Å². The summed E-state index contributed by atoms with van der Waals surface area (Å²) in [5.41, 5.74) is 0. The summed E-state index contributed by atoms with van der Waals surface area (Å²) in [5.74, 6) is 0. The first-order valence-corrected chi connectivity index (χ1v) is 6.32. The highest BCUT2D eigenvalue weighted by Crippen LogP contribution is 2.27. The molecule has 0 bridgehead atoms. The number of nitrogens with zero attached hydrogens (tertiary/aromatic N) is 1. The van der Waals surface area contributed by atoms with Crippen LogP contribution in [0.15, 0.2) is 28.7 Å². The molecule has 2 aromatic rings. The molecule has 5 heteroatoms. The molecule has 2 rings (SSSR count). The Kier molecular flexibility index (Phi) is 1.85. The maximum absolute atomic E-state index is 11.2. The SMILES string of the molecule is CS(=O)(=O)c1cc2cnccc2s1. The lowest BCUT2D eigenvalue weighted by Crippen LogP contribution is -1.91. The number of fused-ring (bicyclic) bond motifs is 1. The topological polar surface area (TPSA) is 47.0 Å². The second kappa shape index (κ2) is 2.78. The van der Waals surface area contributed by atoms with Crippen molar-refractivity contribution in [2.75, 3.05) is 6.26 Å². The van der Waals surface area contributed by atoms with Crippen LogP contribution in [0.5, 0.6) is 0 Å². The van der Waals surface area contributed by atoms with Gasteiger partial charge in [-0.3, -0.25) is 4.98 Å². The molecule has 3 nitrogen and oxygen atoms in total. The zero-order valence-electron chi connectivity index (χ0n) is 6.89. The lowest BCUT2D eigenvalue weighted by Gasteiger charge is -1.86. The third-order valence-corrected chi connectivity index (χ3v) is 4.58.